The summed E-state index contributed by atoms with van der Waals surface area (Å²) in [6.07, 6.45) is -4.71. The van der Waals surface area contributed by atoms with Gasteiger partial charge in [0.25, 0.3) is 5.91 Å². The van der Waals surface area contributed by atoms with Crippen LogP contribution in [0.1, 0.15) is 22.0 Å². The van der Waals surface area contributed by atoms with Crippen molar-refractivity contribution < 1.29 is 31.1 Å². The van der Waals surface area contributed by atoms with Gasteiger partial charge in [-0.05, 0) is 23.8 Å². The third-order valence-corrected chi connectivity index (χ3v) is 6.33. The van der Waals surface area contributed by atoms with E-state index in [9.17, 15) is 26.4 Å². The molecule has 1 amide bonds. The van der Waals surface area contributed by atoms with E-state index in [2.05, 4.69) is 0 Å². The van der Waals surface area contributed by atoms with Gasteiger partial charge in [-0.1, -0.05) is 36.4 Å². The van der Waals surface area contributed by atoms with E-state index in [-0.39, 0.29) is 42.3 Å². The highest BCUT2D eigenvalue weighted by molar-refractivity contribution is 7.89. The first kappa shape index (κ1) is 21.3. The highest BCUT2D eigenvalue weighted by atomic mass is 32.2. The summed E-state index contributed by atoms with van der Waals surface area (Å²) in [4.78, 5) is 12.3. The molecule has 0 bridgehead atoms. The molecule has 0 saturated carbocycles. The van der Waals surface area contributed by atoms with E-state index in [4.69, 9.17) is 4.74 Å². The normalized spacial score (nSPS) is 16.9. The number of morpholine rings is 1. The van der Waals surface area contributed by atoms with Gasteiger partial charge in [-0.3, -0.25) is 4.79 Å². The maximum absolute atomic E-state index is 13.5. The number of sulfonamides is 1. The molecule has 1 unspecified atom stereocenters. The Morgan fingerprint density at radius 3 is 2.31 bits per heavy atom. The van der Waals surface area contributed by atoms with E-state index in [1.54, 1.807) is 6.07 Å². The fourth-order valence-corrected chi connectivity index (χ4v) is 4.40. The molecule has 0 radical (unpaired) electrons. The van der Waals surface area contributed by atoms with E-state index in [0.29, 0.717) is 0 Å². The lowest BCUT2D eigenvalue weighted by molar-refractivity contribution is -0.155. The van der Waals surface area contributed by atoms with Crippen LogP contribution in [0, 0.1) is 0 Å². The van der Waals surface area contributed by atoms with E-state index in [1.807, 2.05) is 5.32 Å². The average molecular weight is 428 g/mol. The van der Waals surface area contributed by atoms with E-state index in [0.717, 1.165) is 6.07 Å². The van der Waals surface area contributed by atoms with Crippen LogP contribution in [0.3, 0.4) is 0 Å². The van der Waals surface area contributed by atoms with Crippen molar-refractivity contribution in [2.24, 2.45) is 0 Å². The molecule has 1 atom stereocenters. The van der Waals surface area contributed by atoms with Crippen molar-refractivity contribution in [3.63, 3.8) is 0 Å². The number of amides is 1. The van der Waals surface area contributed by atoms with Crippen LogP contribution in [0.5, 0.6) is 0 Å². The average Bonchev–Trinajstić information content (AvgIpc) is 2.72. The molecule has 1 fully saturated rings. The Morgan fingerprint density at radius 1 is 1.03 bits per heavy atom. The Kier molecular flexibility index (Phi) is 6.25. The standard InChI is InChI=1S/C19H19F3N2O4S/c20-19(21,22)17(14-5-2-1-3-6-14)23-18(25)15-7-4-8-16(13-15)29(26,27)24-9-11-28-12-10-24/h1-8,13,17H,9-12H2,(H,23,25). The zero-order valence-electron chi connectivity index (χ0n) is 15.2. The smallest absolute Gasteiger partial charge is 0.379 e. The Morgan fingerprint density at radius 2 is 1.69 bits per heavy atom. The SMILES string of the molecule is O=C(NC(c1ccccc1)C(F)(F)F)c1cccc(S(=O)(=O)N2CCOCC2)c1. The molecule has 2 aromatic carbocycles. The summed E-state index contributed by atoms with van der Waals surface area (Å²) in [5.74, 6) is -1.02. The van der Waals surface area contributed by atoms with E-state index in [1.165, 1.54) is 46.8 Å². The Bertz CT molecular complexity index is 959. The third-order valence-electron chi connectivity index (χ3n) is 4.44. The number of ether oxygens (including phenoxy) is 1. The minimum atomic E-state index is -4.71. The van der Waals surface area contributed by atoms with Gasteiger partial charge in [0.15, 0.2) is 6.04 Å². The number of rotatable bonds is 5. The molecule has 1 N–H and O–H groups in total. The number of benzene rings is 2. The summed E-state index contributed by atoms with van der Waals surface area (Å²) >= 11 is 0. The molecule has 3 rings (SSSR count). The summed E-state index contributed by atoms with van der Waals surface area (Å²) in [6.45, 7) is 0.847. The zero-order valence-corrected chi connectivity index (χ0v) is 16.0. The number of hydrogen-bond donors (Lipinski definition) is 1. The number of carbonyl (C=O) groups excluding carboxylic acids is 1. The highest BCUT2D eigenvalue weighted by Crippen LogP contribution is 2.33. The first-order chi connectivity index (χ1) is 13.7. The van der Waals surface area contributed by atoms with Crippen molar-refractivity contribution in [2.75, 3.05) is 26.3 Å². The van der Waals surface area contributed by atoms with Gasteiger partial charge in [-0.2, -0.15) is 17.5 Å². The van der Waals surface area contributed by atoms with Gasteiger partial charge >= 0.3 is 6.18 Å². The first-order valence-electron chi connectivity index (χ1n) is 8.80. The largest absolute Gasteiger partial charge is 0.412 e. The van der Waals surface area contributed by atoms with Crippen LogP contribution >= 0.6 is 0 Å². The minimum Gasteiger partial charge on any atom is -0.379 e. The lowest BCUT2D eigenvalue weighted by atomic mass is 10.1. The van der Waals surface area contributed by atoms with Crippen molar-refractivity contribution in [2.45, 2.75) is 17.1 Å². The number of hydrogen-bond acceptors (Lipinski definition) is 4. The van der Waals surface area contributed by atoms with Crippen molar-refractivity contribution >= 4 is 15.9 Å². The van der Waals surface area contributed by atoms with Crippen molar-refractivity contribution in [1.82, 2.24) is 9.62 Å². The second kappa shape index (κ2) is 8.52. The minimum absolute atomic E-state index is 0.120. The molecule has 0 spiro atoms. The summed E-state index contributed by atoms with van der Waals surface area (Å²) < 4.78 is 72.2. The van der Waals surface area contributed by atoms with E-state index < -0.39 is 28.1 Å². The van der Waals surface area contributed by atoms with Crippen LogP contribution in [0.4, 0.5) is 13.2 Å². The molecule has 29 heavy (non-hydrogen) atoms. The molecule has 1 heterocycles. The summed E-state index contributed by atoms with van der Waals surface area (Å²) in [6, 6.07) is 9.74. The van der Waals surface area contributed by atoms with Crippen molar-refractivity contribution in [1.29, 1.82) is 0 Å². The number of carbonyl (C=O) groups is 1. The lowest BCUT2D eigenvalue weighted by Gasteiger charge is -2.26. The van der Waals surface area contributed by atoms with Gasteiger partial charge in [0, 0.05) is 18.7 Å². The number of alkyl halides is 3. The van der Waals surface area contributed by atoms with Gasteiger partial charge in [0.05, 0.1) is 18.1 Å². The fraction of sp³-hybridized carbons (Fsp3) is 0.316. The van der Waals surface area contributed by atoms with Gasteiger partial charge in [-0.15, -0.1) is 0 Å². The molecule has 1 aliphatic rings. The topological polar surface area (TPSA) is 75.7 Å². The molecule has 10 heteroatoms. The predicted octanol–water partition coefficient (Wildman–Crippen LogP) is 2.74. The van der Waals surface area contributed by atoms with E-state index >= 15 is 0 Å². The maximum atomic E-state index is 13.5. The van der Waals surface area contributed by atoms with Gasteiger partial charge in [0.1, 0.15) is 0 Å². The second-order valence-electron chi connectivity index (χ2n) is 6.40. The zero-order chi connectivity index (χ0) is 21.1. The maximum Gasteiger partial charge on any atom is 0.412 e. The van der Waals surface area contributed by atoms with Gasteiger partial charge < -0.3 is 10.1 Å². The molecule has 6 nitrogen and oxygen atoms in total. The van der Waals surface area contributed by atoms with Gasteiger partial charge in [-0.25, -0.2) is 8.42 Å². The Balaban J connectivity index is 1.85. The molecular formula is C19H19F3N2O4S. The van der Waals surface area contributed by atoms with Crippen molar-refractivity contribution in [3.05, 3.63) is 65.7 Å². The monoisotopic (exact) mass is 428 g/mol. The summed E-state index contributed by atoms with van der Waals surface area (Å²) in [5.41, 5.74) is -0.296. The van der Waals surface area contributed by atoms with Gasteiger partial charge in [0.2, 0.25) is 10.0 Å². The molecule has 1 aliphatic heterocycles. The fourth-order valence-electron chi connectivity index (χ4n) is 2.95. The Hall–Kier alpha value is -2.43. The van der Waals surface area contributed by atoms with Crippen LogP contribution < -0.4 is 5.32 Å². The van der Waals surface area contributed by atoms with Crippen LogP contribution in [-0.2, 0) is 14.8 Å². The third kappa shape index (κ3) is 4.95. The lowest BCUT2D eigenvalue weighted by Crippen LogP contribution is -2.40. The number of nitrogens with one attached hydrogen (secondary N) is 1. The number of halogens is 3. The van der Waals surface area contributed by atoms with Crippen LogP contribution in [0.25, 0.3) is 0 Å². The summed E-state index contributed by atoms with van der Waals surface area (Å²) in [5, 5.41) is 1.96. The molecule has 156 valence electrons. The quantitative estimate of drug-likeness (QED) is 0.795. The second-order valence-corrected chi connectivity index (χ2v) is 8.34. The Labute approximate surface area is 166 Å². The molecule has 0 aliphatic carbocycles. The first-order valence-corrected chi connectivity index (χ1v) is 10.2. The van der Waals surface area contributed by atoms with Crippen LogP contribution in [0.15, 0.2) is 59.5 Å². The molecular weight excluding hydrogens is 409 g/mol. The van der Waals surface area contributed by atoms with Crippen LogP contribution in [0.2, 0.25) is 0 Å². The molecule has 2 aromatic rings. The molecule has 1 saturated heterocycles. The molecule has 0 aromatic heterocycles. The van der Waals surface area contributed by atoms with Crippen LogP contribution in [-0.4, -0.2) is 51.1 Å². The predicted molar refractivity (Wildman–Crippen MR) is 98.7 cm³/mol. The summed E-state index contributed by atoms with van der Waals surface area (Å²) in [7, 11) is -3.88. The highest BCUT2D eigenvalue weighted by Gasteiger charge is 2.42. The number of nitrogens with zero attached hydrogens (tertiary/aromatic N) is 1. The van der Waals surface area contributed by atoms with Crippen molar-refractivity contribution in [3.8, 4) is 0 Å².